The van der Waals surface area contributed by atoms with Gasteiger partial charge in [0.25, 0.3) is 0 Å². The first-order chi connectivity index (χ1) is 11.8. The standard InChI is InChI=1S/C19H18N4O/c20-13-14-6-8-16(9-7-14)23-18(19-21-10-11-24-19)12-17(22-23)15-4-2-1-3-5-15/h1-11,18H,12-13,20H2. The van der Waals surface area contributed by atoms with E-state index in [0.29, 0.717) is 12.4 Å². The van der Waals surface area contributed by atoms with Crippen molar-refractivity contribution >= 4 is 11.4 Å². The lowest BCUT2D eigenvalue weighted by Gasteiger charge is -2.21. The summed E-state index contributed by atoms with van der Waals surface area (Å²) in [6.45, 7) is 0.530. The van der Waals surface area contributed by atoms with Crippen LogP contribution in [-0.4, -0.2) is 10.7 Å². The van der Waals surface area contributed by atoms with Crippen molar-refractivity contribution in [3.63, 3.8) is 0 Å². The van der Waals surface area contributed by atoms with Crippen LogP contribution in [-0.2, 0) is 6.54 Å². The number of hydrazone groups is 1. The highest BCUT2D eigenvalue weighted by atomic mass is 16.3. The van der Waals surface area contributed by atoms with E-state index in [2.05, 4.69) is 17.1 Å². The first kappa shape index (κ1) is 14.7. The molecule has 0 amide bonds. The molecule has 0 bridgehead atoms. The van der Waals surface area contributed by atoms with E-state index in [-0.39, 0.29) is 6.04 Å². The van der Waals surface area contributed by atoms with Crippen molar-refractivity contribution in [3.05, 3.63) is 84.1 Å². The second kappa shape index (κ2) is 6.29. The largest absolute Gasteiger partial charge is 0.447 e. The maximum atomic E-state index is 5.69. The lowest BCUT2D eigenvalue weighted by molar-refractivity contribution is 0.449. The summed E-state index contributed by atoms with van der Waals surface area (Å²) in [6, 6.07) is 18.3. The average molecular weight is 318 g/mol. The van der Waals surface area contributed by atoms with Gasteiger partial charge in [-0.25, -0.2) is 4.98 Å². The van der Waals surface area contributed by atoms with Gasteiger partial charge >= 0.3 is 0 Å². The number of anilines is 1. The molecule has 0 aliphatic carbocycles. The first-order valence-electron chi connectivity index (χ1n) is 7.95. The molecular formula is C19H18N4O. The quantitative estimate of drug-likeness (QED) is 0.799. The maximum absolute atomic E-state index is 5.69. The van der Waals surface area contributed by atoms with E-state index in [4.69, 9.17) is 15.3 Å². The van der Waals surface area contributed by atoms with Gasteiger partial charge in [-0.05, 0) is 23.3 Å². The monoisotopic (exact) mass is 318 g/mol. The van der Waals surface area contributed by atoms with Crippen LogP contribution in [0.4, 0.5) is 5.69 Å². The highest BCUT2D eigenvalue weighted by Crippen LogP contribution is 2.35. The van der Waals surface area contributed by atoms with Crippen molar-refractivity contribution in [1.29, 1.82) is 0 Å². The SMILES string of the molecule is NCc1ccc(N2N=C(c3ccccc3)CC2c2ncco2)cc1. The van der Waals surface area contributed by atoms with E-state index in [0.717, 1.165) is 28.9 Å². The molecule has 3 aromatic rings. The predicted molar refractivity (Wildman–Crippen MR) is 93.7 cm³/mol. The number of nitrogens with zero attached hydrogens (tertiary/aromatic N) is 3. The van der Waals surface area contributed by atoms with E-state index >= 15 is 0 Å². The molecule has 1 aliphatic rings. The minimum absolute atomic E-state index is 0.0427. The van der Waals surface area contributed by atoms with E-state index in [1.807, 2.05) is 47.5 Å². The van der Waals surface area contributed by atoms with Gasteiger partial charge in [0.1, 0.15) is 12.3 Å². The first-order valence-corrected chi connectivity index (χ1v) is 7.95. The normalized spacial score (nSPS) is 17.1. The molecule has 5 heteroatoms. The van der Waals surface area contributed by atoms with Crippen LogP contribution < -0.4 is 10.7 Å². The minimum Gasteiger partial charge on any atom is -0.447 e. The lowest BCUT2D eigenvalue weighted by atomic mass is 10.0. The number of rotatable bonds is 4. The van der Waals surface area contributed by atoms with Gasteiger partial charge in [-0.15, -0.1) is 0 Å². The molecule has 2 aromatic carbocycles. The Labute approximate surface area is 140 Å². The van der Waals surface area contributed by atoms with Crippen LogP contribution in [0.3, 0.4) is 0 Å². The summed E-state index contributed by atoms with van der Waals surface area (Å²) in [4.78, 5) is 4.33. The molecule has 1 aliphatic heterocycles. The van der Waals surface area contributed by atoms with Gasteiger partial charge in [0.05, 0.1) is 17.6 Å². The number of benzene rings is 2. The molecule has 24 heavy (non-hydrogen) atoms. The van der Waals surface area contributed by atoms with Crippen molar-refractivity contribution in [2.24, 2.45) is 10.8 Å². The van der Waals surface area contributed by atoms with Crippen LogP contribution in [0.1, 0.15) is 29.5 Å². The number of aromatic nitrogens is 1. The Kier molecular flexibility index (Phi) is 3.84. The van der Waals surface area contributed by atoms with Crippen LogP contribution in [0.5, 0.6) is 0 Å². The number of hydrogen-bond acceptors (Lipinski definition) is 5. The average Bonchev–Trinajstić information content (AvgIpc) is 3.32. The topological polar surface area (TPSA) is 67.7 Å². The van der Waals surface area contributed by atoms with Gasteiger partial charge in [-0.3, -0.25) is 5.01 Å². The number of oxazole rings is 1. The molecule has 2 heterocycles. The molecule has 0 saturated carbocycles. The summed E-state index contributed by atoms with van der Waals surface area (Å²) in [5, 5.41) is 6.82. The molecule has 4 rings (SSSR count). The zero-order chi connectivity index (χ0) is 16.4. The van der Waals surface area contributed by atoms with Crippen LogP contribution in [0, 0.1) is 0 Å². The second-order valence-electron chi connectivity index (χ2n) is 5.72. The number of nitrogens with two attached hydrogens (primary N) is 1. The van der Waals surface area contributed by atoms with E-state index in [1.165, 1.54) is 0 Å². The summed E-state index contributed by atoms with van der Waals surface area (Å²) in [6.07, 6.45) is 4.03. The smallest absolute Gasteiger partial charge is 0.219 e. The van der Waals surface area contributed by atoms with Gasteiger partial charge in [0.2, 0.25) is 5.89 Å². The zero-order valence-corrected chi connectivity index (χ0v) is 13.2. The summed E-state index contributed by atoms with van der Waals surface area (Å²) < 4.78 is 5.55. The molecule has 1 aromatic heterocycles. The van der Waals surface area contributed by atoms with Crippen molar-refractivity contribution in [1.82, 2.24) is 4.98 Å². The van der Waals surface area contributed by atoms with Gasteiger partial charge in [0, 0.05) is 13.0 Å². The van der Waals surface area contributed by atoms with E-state index in [1.54, 1.807) is 12.5 Å². The third-order valence-corrected chi connectivity index (χ3v) is 4.19. The Morgan fingerprint density at radius 3 is 2.54 bits per heavy atom. The minimum atomic E-state index is -0.0427. The van der Waals surface area contributed by atoms with Gasteiger partial charge < -0.3 is 10.2 Å². The van der Waals surface area contributed by atoms with Crippen molar-refractivity contribution in [3.8, 4) is 0 Å². The molecular weight excluding hydrogens is 300 g/mol. The van der Waals surface area contributed by atoms with Crippen LogP contribution in [0.15, 0.2) is 76.6 Å². The van der Waals surface area contributed by atoms with Gasteiger partial charge in [0.15, 0.2) is 0 Å². The van der Waals surface area contributed by atoms with Crippen molar-refractivity contribution < 1.29 is 4.42 Å². The number of hydrogen-bond donors (Lipinski definition) is 1. The highest BCUT2D eigenvalue weighted by Gasteiger charge is 2.32. The van der Waals surface area contributed by atoms with Gasteiger partial charge in [-0.2, -0.15) is 5.10 Å². The predicted octanol–water partition coefficient (Wildman–Crippen LogP) is 3.49. The zero-order valence-electron chi connectivity index (χ0n) is 13.2. The molecule has 1 unspecified atom stereocenters. The van der Waals surface area contributed by atoms with Gasteiger partial charge in [-0.1, -0.05) is 42.5 Å². The molecule has 0 fully saturated rings. The van der Waals surface area contributed by atoms with Crippen molar-refractivity contribution in [2.75, 3.05) is 5.01 Å². The van der Waals surface area contributed by atoms with Crippen LogP contribution in [0.2, 0.25) is 0 Å². The molecule has 0 spiro atoms. The molecule has 5 nitrogen and oxygen atoms in total. The third kappa shape index (κ3) is 2.70. The Morgan fingerprint density at radius 2 is 1.88 bits per heavy atom. The molecule has 0 radical (unpaired) electrons. The Hall–Kier alpha value is -2.92. The molecule has 1 atom stereocenters. The van der Waals surface area contributed by atoms with Crippen molar-refractivity contribution in [2.45, 2.75) is 19.0 Å². The van der Waals surface area contributed by atoms with E-state index in [9.17, 15) is 0 Å². The third-order valence-electron chi connectivity index (χ3n) is 4.19. The molecule has 120 valence electrons. The fourth-order valence-electron chi connectivity index (χ4n) is 2.93. The summed E-state index contributed by atoms with van der Waals surface area (Å²) >= 11 is 0. The summed E-state index contributed by atoms with van der Waals surface area (Å²) in [5.41, 5.74) is 9.94. The summed E-state index contributed by atoms with van der Waals surface area (Å²) in [7, 11) is 0. The van der Waals surface area contributed by atoms with E-state index < -0.39 is 0 Å². The highest BCUT2D eigenvalue weighted by molar-refractivity contribution is 6.03. The Balaban J connectivity index is 1.72. The molecule has 2 N–H and O–H groups in total. The summed E-state index contributed by atoms with van der Waals surface area (Å²) in [5.74, 6) is 0.674. The Morgan fingerprint density at radius 1 is 1.08 bits per heavy atom. The fourth-order valence-corrected chi connectivity index (χ4v) is 2.93. The second-order valence-corrected chi connectivity index (χ2v) is 5.72. The Bertz CT molecular complexity index is 826. The molecule has 0 saturated heterocycles. The lowest BCUT2D eigenvalue weighted by Crippen LogP contribution is -2.18. The fraction of sp³-hybridized carbons (Fsp3) is 0.158. The van der Waals surface area contributed by atoms with Crippen LogP contribution >= 0.6 is 0 Å². The van der Waals surface area contributed by atoms with Crippen LogP contribution in [0.25, 0.3) is 0 Å². The maximum Gasteiger partial charge on any atom is 0.219 e.